The van der Waals surface area contributed by atoms with Crippen molar-refractivity contribution in [1.82, 2.24) is 15.5 Å². The molecular formula is C21H31N3O3. The van der Waals surface area contributed by atoms with Gasteiger partial charge in [0.2, 0.25) is 11.8 Å². The van der Waals surface area contributed by atoms with E-state index in [1.165, 1.54) is 0 Å². The number of methoxy groups -OCH3 is 1. The van der Waals surface area contributed by atoms with Gasteiger partial charge in [0.1, 0.15) is 5.75 Å². The summed E-state index contributed by atoms with van der Waals surface area (Å²) in [6.45, 7) is 3.16. The average Bonchev–Trinajstić information content (AvgIpc) is 3.25. The molecule has 2 fully saturated rings. The third-order valence-corrected chi connectivity index (χ3v) is 5.58. The van der Waals surface area contributed by atoms with Gasteiger partial charge in [0.05, 0.1) is 13.2 Å². The van der Waals surface area contributed by atoms with E-state index in [-0.39, 0.29) is 17.9 Å². The molecule has 6 nitrogen and oxygen atoms in total. The second-order valence-corrected chi connectivity index (χ2v) is 7.59. The molecule has 0 bridgehead atoms. The maximum absolute atomic E-state index is 12.6. The summed E-state index contributed by atoms with van der Waals surface area (Å²) in [5.41, 5.74) is 1.12. The van der Waals surface area contributed by atoms with Crippen molar-refractivity contribution in [3.8, 4) is 5.75 Å². The fourth-order valence-corrected chi connectivity index (χ4v) is 3.97. The predicted octanol–water partition coefficient (Wildman–Crippen LogP) is 1.73. The van der Waals surface area contributed by atoms with E-state index >= 15 is 0 Å². The molecule has 0 saturated carbocycles. The number of amides is 2. The van der Waals surface area contributed by atoms with Gasteiger partial charge in [-0.1, -0.05) is 12.1 Å². The number of benzene rings is 1. The molecule has 2 heterocycles. The maximum atomic E-state index is 12.6. The summed E-state index contributed by atoms with van der Waals surface area (Å²) in [5.74, 6) is 1.48. The van der Waals surface area contributed by atoms with Crippen molar-refractivity contribution in [3.05, 3.63) is 29.8 Å². The molecule has 6 heteroatoms. The first-order valence-corrected chi connectivity index (χ1v) is 10.1. The average molecular weight is 373 g/mol. The first-order chi connectivity index (χ1) is 13.2. The number of nitrogens with zero attached hydrogens (tertiary/aromatic N) is 1. The highest BCUT2D eigenvalue weighted by molar-refractivity contribution is 5.82. The Labute approximate surface area is 161 Å². The van der Waals surface area contributed by atoms with Crippen LogP contribution in [-0.2, 0) is 16.0 Å². The molecule has 2 saturated heterocycles. The van der Waals surface area contributed by atoms with E-state index in [9.17, 15) is 9.59 Å². The van der Waals surface area contributed by atoms with Gasteiger partial charge in [0.15, 0.2) is 0 Å². The number of carbonyl (C=O) groups excluding carboxylic acids is 2. The van der Waals surface area contributed by atoms with E-state index in [0.29, 0.717) is 18.9 Å². The summed E-state index contributed by atoms with van der Waals surface area (Å²) in [6.07, 6.45) is 5.30. The standard InChI is InChI=1S/C21H31N3O3/c1-27-18-7-2-5-16(13-18)9-10-20(25)24-12-4-6-17(15-24)14-23-21(26)19-8-3-11-22-19/h2,5,7,13,17,19,22H,3-4,6,8-12,14-15H2,1H3,(H,23,26). The topological polar surface area (TPSA) is 70.7 Å². The molecule has 2 atom stereocenters. The normalized spacial score (nSPS) is 22.5. The largest absolute Gasteiger partial charge is 0.497 e. The molecule has 0 aliphatic carbocycles. The Kier molecular flexibility index (Phi) is 7.10. The van der Waals surface area contributed by atoms with E-state index in [0.717, 1.165) is 63.1 Å². The fraction of sp³-hybridized carbons (Fsp3) is 0.619. The number of hydrogen-bond donors (Lipinski definition) is 2. The Morgan fingerprint density at radius 3 is 2.96 bits per heavy atom. The van der Waals surface area contributed by atoms with Crippen molar-refractivity contribution in [2.75, 3.05) is 33.3 Å². The Morgan fingerprint density at radius 1 is 1.30 bits per heavy atom. The quantitative estimate of drug-likeness (QED) is 0.764. The monoisotopic (exact) mass is 373 g/mol. The number of aryl methyl sites for hydroxylation is 1. The number of carbonyl (C=O) groups is 2. The van der Waals surface area contributed by atoms with Crippen LogP contribution in [0.3, 0.4) is 0 Å². The molecule has 27 heavy (non-hydrogen) atoms. The predicted molar refractivity (Wildman–Crippen MR) is 105 cm³/mol. The SMILES string of the molecule is COc1cccc(CCC(=O)N2CCCC(CNC(=O)C3CCCN3)C2)c1. The molecule has 2 unspecified atom stereocenters. The van der Waals surface area contributed by atoms with Gasteiger partial charge >= 0.3 is 0 Å². The highest BCUT2D eigenvalue weighted by Crippen LogP contribution is 2.19. The molecule has 0 spiro atoms. The first-order valence-electron chi connectivity index (χ1n) is 10.1. The van der Waals surface area contributed by atoms with Gasteiger partial charge in [-0.15, -0.1) is 0 Å². The summed E-state index contributed by atoms with van der Waals surface area (Å²) in [5, 5.41) is 6.30. The van der Waals surface area contributed by atoms with Crippen LogP contribution in [0, 0.1) is 5.92 Å². The molecule has 0 aromatic heterocycles. The third kappa shape index (κ3) is 5.70. The minimum atomic E-state index is -0.0332. The lowest BCUT2D eigenvalue weighted by molar-refractivity contribution is -0.132. The van der Waals surface area contributed by atoms with Crippen LogP contribution in [0.15, 0.2) is 24.3 Å². The molecule has 2 aliphatic rings. The van der Waals surface area contributed by atoms with Crippen LogP contribution in [0.2, 0.25) is 0 Å². The van der Waals surface area contributed by atoms with E-state index in [1.54, 1.807) is 7.11 Å². The lowest BCUT2D eigenvalue weighted by Gasteiger charge is -2.33. The van der Waals surface area contributed by atoms with Crippen molar-refractivity contribution in [1.29, 1.82) is 0 Å². The molecule has 1 aromatic carbocycles. The van der Waals surface area contributed by atoms with Crippen LogP contribution in [-0.4, -0.2) is 56.0 Å². The number of rotatable bonds is 7. The van der Waals surface area contributed by atoms with Gasteiger partial charge < -0.3 is 20.3 Å². The number of likely N-dealkylation sites (tertiary alicyclic amines) is 1. The molecule has 148 valence electrons. The highest BCUT2D eigenvalue weighted by atomic mass is 16.5. The Balaban J connectivity index is 1.42. The van der Waals surface area contributed by atoms with Gasteiger partial charge in [-0.2, -0.15) is 0 Å². The molecule has 2 aliphatic heterocycles. The lowest BCUT2D eigenvalue weighted by Crippen LogP contribution is -2.46. The highest BCUT2D eigenvalue weighted by Gasteiger charge is 2.26. The van der Waals surface area contributed by atoms with Gasteiger partial charge in [0, 0.05) is 26.1 Å². The second-order valence-electron chi connectivity index (χ2n) is 7.59. The maximum Gasteiger partial charge on any atom is 0.237 e. The number of hydrogen-bond acceptors (Lipinski definition) is 4. The third-order valence-electron chi connectivity index (χ3n) is 5.58. The van der Waals surface area contributed by atoms with E-state index < -0.39 is 0 Å². The van der Waals surface area contributed by atoms with Crippen molar-refractivity contribution in [2.45, 2.75) is 44.6 Å². The second kappa shape index (κ2) is 9.74. The fourth-order valence-electron chi connectivity index (χ4n) is 3.97. The van der Waals surface area contributed by atoms with Crippen LogP contribution >= 0.6 is 0 Å². The van der Waals surface area contributed by atoms with E-state index in [4.69, 9.17) is 4.74 Å². The minimum absolute atomic E-state index is 0.0332. The number of ether oxygens (including phenoxy) is 1. The molecule has 0 radical (unpaired) electrons. The lowest BCUT2D eigenvalue weighted by atomic mass is 9.97. The zero-order valence-corrected chi connectivity index (χ0v) is 16.2. The summed E-state index contributed by atoms with van der Waals surface area (Å²) in [6, 6.07) is 7.85. The van der Waals surface area contributed by atoms with E-state index in [1.807, 2.05) is 29.2 Å². The summed E-state index contributed by atoms with van der Waals surface area (Å²) >= 11 is 0. The Bertz CT molecular complexity index is 643. The van der Waals surface area contributed by atoms with Crippen molar-refractivity contribution < 1.29 is 14.3 Å². The number of piperidine rings is 1. The Morgan fingerprint density at radius 2 is 2.19 bits per heavy atom. The summed E-state index contributed by atoms with van der Waals surface area (Å²) in [7, 11) is 1.65. The zero-order valence-electron chi connectivity index (χ0n) is 16.2. The zero-order chi connectivity index (χ0) is 19.1. The van der Waals surface area contributed by atoms with Crippen LogP contribution in [0.4, 0.5) is 0 Å². The molecular weight excluding hydrogens is 342 g/mol. The van der Waals surface area contributed by atoms with Crippen molar-refractivity contribution in [3.63, 3.8) is 0 Å². The smallest absolute Gasteiger partial charge is 0.237 e. The minimum Gasteiger partial charge on any atom is -0.497 e. The molecule has 3 rings (SSSR count). The Hall–Kier alpha value is -2.08. The van der Waals surface area contributed by atoms with Crippen LogP contribution in [0.25, 0.3) is 0 Å². The van der Waals surface area contributed by atoms with Crippen LogP contribution in [0.5, 0.6) is 5.75 Å². The van der Waals surface area contributed by atoms with Crippen LogP contribution < -0.4 is 15.4 Å². The summed E-state index contributed by atoms with van der Waals surface area (Å²) in [4.78, 5) is 26.7. The summed E-state index contributed by atoms with van der Waals surface area (Å²) < 4.78 is 5.24. The van der Waals surface area contributed by atoms with Crippen molar-refractivity contribution >= 4 is 11.8 Å². The molecule has 2 amide bonds. The van der Waals surface area contributed by atoms with Gasteiger partial charge in [-0.05, 0) is 62.3 Å². The van der Waals surface area contributed by atoms with E-state index in [2.05, 4.69) is 10.6 Å². The first kappa shape index (κ1) is 19.7. The number of nitrogens with one attached hydrogen (secondary N) is 2. The van der Waals surface area contributed by atoms with Crippen LogP contribution in [0.1, 0.15) is 37.7 Å². The van der Waals surface area contributed by atoms with Gasteiger partial charge in [-0.25, -0.2) is 0 Å². The van der Waals surface area contributed by atoms with Crippen molar-refractivity contribution in [2.24, 2.45) is 5.92 Å². The van der Waals surface area contributed by atoms with Gasteiger partial charge in [-0.3, -0.25) is 9.59 Å². The van der Waals surface area contributed by atoms with Gasteiger partial charge in [0.25, 0.3) is 0 Å². The molecule has 1 aromatic rings. The molecule has 2 N–H and O–H groups in total.